The number of ether oxygens (including phenoxy) is 4. The molecule has 6 nitrogen and oxygen atoms in total. The quantitative estimate of drug-likeness (QED) is 0.284. The molecule has 0 aliphatic carbocycles. The maximum absolute atomic E-state index is 12.2. The summed E-state index contributed by atoms with van der Waals surface area (Å²) in [7, 11) is 0. The van der Waals surface area contributed by atoms with E-state index >= 15 is 0 Å². The lowest BCUT2D eigenvalue weighted by atomic mass is 10.2. The van der Waals surface area contributed by atoms with Crippen LogP contribution < -0.4 is 14.2 Å². The topological polar surface area (TPSA) is 71.1 Å². The van der Waals surface area contributed by atoms with Crippen LogP contribution in [0.5, 0.6) is 17.2 Å². The van der Waals surface area contributed by atoms with E-state index in [0.29, 0.717) is 16.5 Å². The number of rotatable bonds is 9. The Kier molecular flexibility index (Phi) is 7.69. The molecule has 0 spiro atoms. The predicted octanol–water partition coefficient (Wildman–Crippen LogP) is 4.56. The van der Waals surface area contributed by atoms with Crippen molar-refractivity contribution >= 4 is 23.5 Å². The van der Waals surface area contributed by atoms with Crippen LogP contribution in [-0.4, -0.2) is 31.8 Å². The number of benzene rings is 3. The first-order valence-corrected chi connectivity index (χ1v) is 9.52. The average Bonchev–Trinajstić information content (AvgIpc) is 2.77. The molecule has 0 N–H and O–H groups in total. The predicted molar refractivity (Wildman–Crippen MR) is 111 cm³/mol. The number of esters is 2. The van der Waals surface area contributed by atoms with Gasteiger partial charge in [0.05, 0.1) is 5.56 Å². The van der Waals surface area contributed by atoms with Crippen LogP contribution in [0.1, 0.15) is 10.4 Å². The lowest BCUT2D eigenvalue weighted by molar-refractivity contribution is -0.136. The maximum atomic E-state index is 12.2. The molecular formula is C23H19ClO6. The molecule has 0 unspecified atom stereocenters. The number of hydrogen-bond donors (Lipinski definition) is 0. The Morgan fingerprint density at radius 2 is 1.43 bits per heavy atom. The Morgan fingerprint density at radius 3 is 2.20 bits per heavy atom. The van der Waals surface area contributed by atoms with E-state index in [2.05, 4.69) is 0 Å². The van der Waals surface area contributed by atoms with E-state index < -0.39 is 11.9 Å². The summed E-state index contributed by atoms with van der Waals surface area (Å²) in [5.74, 6) is 0.262. The molecule has 3 aromatic rings. The molecule has 0 bridgehead atoms. The van der Waals surface area contributed by atoms with Crippen molar-refractivity contribution in [1.29, 1.82) is 0 Å². The zero-order valence-corrected chi connectivity index (χ0v) is 16.7. The van der Waals surface area contributed by atoms with Gasteiger partial charge in [0.25, 0.3) is 0 Å². The molecule has 154 valence electrons. The number of carbonyl (C=O) groups is 2. The van der Waals surface area contributed by atoms with Gasteiger partial charge in [0.1, 0.15) is 30.5 Å². The van der Waals surface area contributed by atoms with Crippen molar-refractivity contribution in [2.24, 2.45) is 0 Å². The van der Waals surface area contributed by atoms with E-state index in [9.17, 15) is 9.59 Å². The van der Waals surface area contributed by atoms with Gasteiger partial charge in [-0.05, 0) is 54.6 Å². The fraction of sp³-hybridized carbons (Fsp3) is 0.130. The Morgan fingerprint density at radius 1 is 0.733 bits per heavy atom. The standard InChI is InChI=1S/C23H19ClO6/c24-18-9-11-20(12-10-18)29-16-22(25)30-21-8-4-5-17(15-21)23(26)28-14-13-27-19-6-2-1-3-7-19/h1-12,15H,13-14,16H2. The molecule has 0 aliphatic rings. The van der Waals surface area contributed by atoms with Gasteiger partial charge in [-0.1, -0.05) is 35.9 Å². The Labute approximate surface area is 178 Å². The fourth-order valence-corrected chi connectivity index (χ4v) is 2.54. The molecule has 7 heteroatoms. The molecule has 0 heterocycles. The summed E-state index contributed by atoms with van der Waals surface area (Å²) in [6.45, 7) is 0.0340. The van der Waals surface area contributed by atoms with Crippen molar-refractivity contribution < 1.29 is 28.5 Å². The molecular weight excluding hydrogens is 408 g/mol. The van der Waals surface area contributed by atoms with Gasteiger partial charge in [0.15, 0.2) is 6.61 Å². The van der Waals surface area contributed by atoms with Gasteiger partial charge in [-0.2, -0.15) is 0 Å². The van der Waals surface area contributed by atoms with Crippen molar-refractivity contribution in [3.8, 4) is 17.2 Å². The summed E-state index contributed by atoms with van der Waals surface area (Å²) < 4.78 is 21.2. The van der Waals surface area contributed by atoms with Gasteiger partial charge in [0.2, 0.25) is 0 Å². The van der Waals surface area contributed by atoms with E-state index in [-0.39, 0.29) is 31.1 Å². The molecule has 0 saturated carbocycles. The molecule has 0 radical (unpaired) electrons. The van der Waals surface area contributed by atoms with E-state index in [1.54, 1.807) is 42.5 Å². The fourth-order valence-electron chi connectivity index (χ4n) is 2.41. The van der Waals surface area contributed by atoms with Crippen molar-refractivity contribution in [3.63, 3.8) is 0 Å². The van der Waals surface area contributed by atoms with Gasteiger partial charge in [0, 0.05) is 5.02 Å². The molecule has 0 aromatic heterocycles. The average molecular weight is 427 g/mol. The second kappa shape index (κ2) is 10.9. The molecule has 0 fully saturated rings. The maximum Gasteiger partial charge on any atom is 0.349 e. The molecule has 0 amide bonds. The Balaban J connectivity index is 1.44. The monoisotopic (exact) mass is 426 g/mol. The van der Waals surface area contributed by atoms with Crippen LogP contribution in [0.4, 0.5) is 0 Å². The first-order valence-electron chi connectivity index (χ1n) is 9.14. The largest absolute Gasteiger partial charge is 0.490 e. The third kappa shape index (κ3) is 6.83. The number of hydrogen-bond acceptors (Lipinski definition) is 6. The van der Waals surface area contributed by atoms with Crippen LogP contribution in [0.3, 0.4) is 0 Å². The van der Waals surface area contributed by atoms with Gasteiger partial charge in [-0.15, -0.1) is 0 Å². The van der Waals surface area contributed by atoms with Gasteiger partial charge in [-0.3, -0.25) is 0 Å². The highest BCUT2D eigenvalue weighted by atomic mass is 35.5. The molecule has 3 aromatic carbocycles. The lowest BCUT2D eigenvalue weighted by Crippen LogP contribution is -2.18. The highest BCUT2D eigenvalue weighted by Gasteiger charge is 2.11. The molecule has 3 rings (SSSR count). The number of para-hydroxylation sites is 1. The molecule has 0 saturated heterocycles. The van der Waals surface area contributed by atoms with Gasteiger partial charge in [-0.25, -0.2) is 9.59 Å². The highest BCUT2D eigenvalue weighted by molar-refractivity contribution is 6.30. The van der Waals surface area contributed by atoms with Crippen LogP contribution in [-0.2, 0) is 9.53 Å². The van der Waals surface area contributed by atoms with Crippen molar-refractivity contribution in [1.82, 2.24) is 0 Å². The van der Waals surface area contributed by atoms with E-state index in [4.69, 9.17) is 30.5 Å². The van der Waals surface area contributed by atoms with Gasteiger partial charge >= 0.3 is 11.9 Å². The van der Waals surface area contributed by atoms with Crippen LogP contribution in [0.15, 0.2) is 78.9 Å². The Bertz CT molecular complexity index is 972. The van der Waals surface area contributed by atoms with Crippen molar-refractivity contribution in [2.75, 3.05) is 19.8 Å². The van der Waals surface area contributed by atoms with Crippen LogP contribution in [0.2, 0.25) is 5.02 Å². The van der Waals surface area contributed by atoms with Crippen molar-refractivity contribution in [2.45, 2.75) is 0 Å². The zero-order valence-electron chi connectivity index (χ0n) is 16.0. The molecule has 0 aliphatic heterocycles. The summed E-state index contributed by atoms with van der Waals surface area (Å²) in [5, 5.41) is 0.570. The molecule has 0 atom stereocenters. The highest BCUT2D eigenvalue weighted by Crippen LogP contribution is 2.17. The second-order valence-electron chi connectivity index (χ2n) is 6.04. The first-order chi connectivity index (χ1) is 14.6. The van der Waals surface area contributed by atoms with Crippen LogP contribution >= 0.6 is 11.6 Å². The first kappa shape index (κ1) is 21.2. The van der Waals surface area contributed by atoms with Crippen molar-refractivity contribution in [3.05, 3.63) is 89.4 Å². The van der Waals surface area contributed by atoms with E-state index in [1.165, 1.54) is 6.07 Å². The summed E-state index contributed by atoms with van der Waals surface area (Å²) in [4.78, 5) is 24.2. The van der Waals surface area contributed by atoms with Crippen LogP contribution in [0.25, 0.3) is 0 Å². The number of carbonyl (C=O) groups excluding carboxylic acids is 2. The third-order valence-electron chi connectivity index (χ3n) is 3.80. The minimum absolute atomic E-state index is 0.0900. The minimum Gasteiger partial charge on any atom is -0.490 e. The van der Waals surface area contributed by atoms with Crippen LogP contribution in [0, 0.1) is 0 Å². The minimum atomic E-state index is -0.605. The van der Waals surface area contributed by atoms with E-state index in [0.717, 1.165) is 0 Å². The zero-order chi connectivity index (χ0) is 21.2. The smallest absolute Gasteiger partial charge is 0.349 e. The summed E-state index contributed by atoms with van der Waals surface area (Å²) in [6, 6.07) is 22.0. The molecule has 30 heavy (non-hydrogen) atoms. The normalized spacial score (nSPS) is 10.2. The lowest BCUT2D eigenvalue weighted by Gasteiger charge is -2.09. The van der Waals surface area contributed by atoms with Gasteiger partial charge < -0.3 is 18.9 Å². The third-order valence-corrected chi connectivity index (χ3v) is 4.05. The Hall–Kier alpha value is -3.51. The summed E-state index contributed by atoms with van der Waals surface area (Å²) >= 11 is 5.80. The summed E-state index contributed by atoms with van der Waals surface area (Å²) in [5.41, 5.74) is 0.263. The van der Waals surface area contributed by atoms with E-state index in [1.807, 2.05) is 30.3 Å². The summed E-state index contributed by atoms with van der Waals surface area (Å²) in [6.07, 6.45) is 0. The number of halogens is 1. The SMILES string of the molecule is O=C(COc1ccc(Cl)cc1)Oc1cccc(C(=O)OCCOc2ccccc2)c1. The second-order valence-corrected chi connectivity index (χ2v) is 6.48.